The summed E-state index contributed by atoms with van der Waals surface area (Å²) in [7, 11) is 0. The van der Waals surface area contributed by atoms with Gasteiger partial charge >= 0.3 is 5.97 Å². The van der Waals surface area contributed by atoms with Crippen LogP contribution in [-0.2, 0) is 16.2 Å². The number of aliphatic carboxylic acids is 1. The Morgan fingerprint density at radius 1 is 1.18 bits per heavy atom. The van der Waals surface area contributed by atoms with Crippen molar-refractivity contribution >= 4 is 34.7 Å². The van der Waals surface area contributed by atoms with Crippen molar-refractivity contribution in [3.05, 3.63) is 76.1 Å². The topological polar surface area (TPSA) is 115 Å². The van der Waals surface area contributed by atoms with Gasteiger partial charge in [-0.25, -0.2) is 0 Å². The first-order chi connectivity index (χ1) is 15.5. The van der Waals surface area contributed by atoms with Gasteiger partial charge in [0, 0.05) is 27.5 Å². The van der Waals surface area contributed by atoms with E-state index >= 15 is 0 Å². The zero-order chi connectivity index (χ0) is 24.3. The number of carbonyl (C=O) groups is 2. The number of carbonyl (C=O) groups excluding carboxylic acids is 1. The van der Waals surface area contributed by atoms with Crippen LogP contribution in [0.4, 0.5) is 0 Å². The molecule has 9 heteroatoms. The molecule has 1 heterocycles. The van der Waals surface area contributed by atoms with Crippen molar-refractivity contribution in [2.24, 2.45) is 0 Å². The number of halogens is 1. The highest BCUT2D eigenvalue weighted by atomic mass is 35.5. The summed E-state index contributed by atoms with van der Waals surface area (Å²) in [5.74, 6) is -1.11. The maximum absolute atomic E-state index is 13.3. The van der Waals surface area contributed by atoms with Crippen LogP contribution in [0.1, 0.15) is 60.6 Å². The van der Waals surface area contributed by atoms with Gasteiger partial charge in [-0.1, -0.05) is 41.0 Å². The molecule has 7 nitrogen and oxygen atoms in total. The highest BCUT2D eigenvalue weighted by molar-refractivity contribution is 7.90. The highest BCUT2D eigenvalue weighted by Crippen LogP contribution is 2.36. The summed E-state index contributed by atoms with van der Waals surface area (Å²) in [6.45, 7) is 7.05. The lowest BCUT2D eigenvalue weighted by atomic mass is 9.91. The first-order valence-corrected chi connectivity index (χ1v) is 11.8. The maximum atomic E-state index is 13.3. The smallest absolute Gasteiger partial charge is 0.305 e. The lowest BCUT2D eigenvalue weighted by Gasteiger charge is -2.27. The summed E-state index contributed by atoms with van der Waals surface area (Å²) in [5.41, 5.74) is 2.39. The zero-order valence-electron chi connectivity index (χ0n) is 18.7. The molecule has 0 aliphatic carbocycles. The molecule has 33 heavy (non-hydrogen) atoms. The third kappa shape index (κ3) is 5.83. The number of ketones is 1. The van der Waals surface area contributed by atoms with E-state index in [0.717, 1.165) is 0 Å². The summed E-state index contributed by atoms with van der Waals surface area (Å²) in [5, 5.41) is 14.0. The molecule has 3 rings (SSSR count). The van der Waals surface area contributed by atoms with Crippen molar-refractivity contribution < 1.29 is 23.8 Å². The first kappa shape index (κ1) is 25.0. The van der Waals surface area contributed by atoms with Gasteiger partial charge in [0.2, 0.25) is 0 Å². The second kappa shape index (κ2) is 10.1. The predicted molar refractivity (Wildman–Crippen MR) is 128 cm³/mol. The third-order valence-corrected chi connectivity index (χ3v) is 6.80. The van der Waals surface area contributed by atoms with Gasteiger partial charge in [0.25, 0.3) is 0 Å². The monoisotopic (exact) mass is 488 g/mol. The number of aromatic nitrogens is 1. The van der Waals surface area contributed by atoms with Gasteiger partial charge in [0.1, 0.15) is 10.8 Å². The minimum Gasteiger partial charge on any atom is -0.598 e. The lowest BCUT2D eigenvalue weighted by Crippen LogP contribution is -2.41. The van der Waals surface area contributed by atoms with Gasteiger partial charge in [0.15, 0.2) is 11.5 Å². The average Bonchev–Trinajstić information content (AvgIpc) is 3.13. The molecule has 0 fully saturated rings. The Bertz CT molecular complexity index is 1150. The number of carboxylic acids is 1. The highest BCUT2D eigenvalue weighted by Gasteiger charge is 2.35. The van der Waals surface area contributed by atoms with Crippen LogP contribution in [0.2, 0.25) is 5.02 Å². The van der Waals surface area contributed by atoms with E-state index in [1.807, 2.05) is 0 Å². The molecule has 0 saturated carbocycles. The quantitative estimate of drug-likeness (QED) is 0.334. The standard InChI is InChI=1S/C24H25ClN2O5S/c1-14-21(23(32-26-14)19(13-20(28)29)27-33(31)24(2,3)4)17-7-5-6-8-18(17)22(30)15-9-11-16(25)12-10-15/h5-12,19,27H,13H2,1-4H3,(H,28,29)/t19?,33-/m1/s1. The average molecular weight is 489 g/mol. The van der Waals surface area contributed by atoms with Gasteiger partial charge in [-0.2, -0.15) is 0 Å². The van der Waals surface area contributed by atoms with Crippen LogP contribution >= 0.6 is 11.6 Å². The Morgan fingerprint density at radius 2 is 1.82 bits per heavy atom. The van der Waals surface area contributed by atoms with E-state index in [0.29, 0.717) is 33.0 Å². The summed E-state index contributed by atoms with van der Waals surface area (Å²) in [4.78, 5) is 24.9. The molecule has 0 saturated heterocycles. The number of rotatable bonds is 8. The van der Waals surface area contributed by atoms with E-state index in [2.05, 4.69) is 9.88 Å². The molecule has 2 atom stereocenters. The minimum absolute atomic E-state index is 0.212. The third-order valence-electron chi connectivity index (χ3n) is 4.94. The van der Waals surface area contributed by atoms with Crippen molar-refractivity contribution in [3.8, 4) is 11.1 Å². The summed E-state index contributed by atoms with van der Waals surface area (Å²) in [6, 6.07) is 12.6. The lowest BCUT2D eigenvalue weighted by molar-refractivity contribution is -0.137. The fraction of sp³-hybridized carbons (Fsp3) is 0.292. The van der Waals surface area contributed by atoms with E-state index in [-0.39, 0.29) is 18.0 Å². The van der Waals surface area contributed by atoms with Crippen LogP contribution in [0, 0.1) is 6.92 Å². The molecular weight excluding hydrogens is 464 g/mol. The van der Waals surface area contributed by atoms with E-state index < -0.39 is 28.1 Å². The molecule has 0 aliphatic heterocycles. The van der Waals surface area contributed by atoms with Crippen molar-refractivity contribution in [1.29, 1.82) is 0 Å². The van der Waals surface area contributed by atoms with Crippen LogP contribution in [0.5, 0.6) is 0 Å². The van der Waals surface area contributed by atoms with Crippen molar-refractivity contribution in [2.45, 2.75) is 44.9 Å². The molecule has 3 aromatic rings. The Labute approximate surface area is 200 Å². The van der Waals surface area contributed by atoms with Crippen LogP contribution in [-0.4, -0.2) is 31.3 Å². The number of nitrogens with zero attached hydrogens (tertiary/aromatic N) is 1. The number of nitrogens with one attached hydrogen (secondary N) is 1. The Morgan fingerprint density at radius 3 is 2.42 bits per heavy atom. The summed E-state index contributed by atoms with van der Waals surface area (Å²) >= 11 is 4.39. The van der Waals surface area contributed by atoms with Crippen molar-refractivity contribution in [3.63, 3.8) is 0 Å². The van der Waals surface area contributed by atoms with Gasteiger partial charge in [0.05, 0.1) is 17.7 Å². The number of hydrogen-bond donors (Lipinski definition) is 2. The normalized spacial score (nSPS) is 13.5. The van der Waals surface area contributed by atoms with Gasteiger partial charge in [-0.05, 0) is 57.5 Å². The molecule has 2 N–H and O–H groups in total. The maximum Gasteiger partial charge on any atom is 0.305 e. The number of hydrogen-bond acceptors (Lipinski definition) is 6. The van der Waals surface area contributed by atoms with E-state index in [9.17, 15) is 19.2 Å². The largest absolute Gasteiger partial charge is 0.598 e. The Hall–Kier alpha value is -2.65. The van der Waals surface area contributed by atoms with Gasteiger partial charge < -0.3 is 14.2 Å². The minimum atomic E-state index is -1.57. The molecule has 0 amide bonds. The summed E-state index contributed by atoms with van der Waals surface area (Å²) in [6.07, 6.45) is -0.378. The second-order valence-electron chi connectivity index (χ2n) is 8.54. The Balaban J connectivity index is 2.10. The van der Waals surface area contributed by atoms with Crippen molar-refractivity contribution in [1.82, 2.24) is 9.88 Å². The molecule has 1 unspecified atom stereocenters. The van der Waals surface area contributed by atoms with Gasteiger partial charge in [-0.15, -0.1) is 4.72 Å². The fourth-order valence-electron chi connectivity index (χ4n) is 3.28. The van der Waals surface area contributed by atoms with Crippen LogP contribution in [0.25, 0.3) is 11.1 Å². The molecule has 0 aliphatic rings. The van der Waals surface area contributed by atoms with Gasteiger partial charge in [-0.3, -0.25) is 9.59 Å². The predicted octanol–water partition coefficient (Wildman–Crippen LogP) is 5.10. The zero-order valence-corrected chi connectivity index (χ0v) is 20.3. The number of benzene rings is 2. The second-order valence-corrected chi connectivity index (χ2v) is 11.0. The molecule has 174 valence electrons. The summed E-state index contributed by atoms with van der Waals surface area (Å²) < 4.78 is 20.5. The number of carboxylic acid groups (broad SMARTS) is 1. The van der Waals surface area contributed by atoms with Crippen LogP contribution in [0.15, 0.2) is 53.1 Å². The molecular formula is C24H25ClN2O5S. The fourth-order valence-corrected chi connectivity index (χ4v) is 4.21. The van der Waals surface area contributed by atoms with E-state index in [4.69, 9.17) is 16.1 Å². The molecule has 0 bridgehead atoms. The van der Waals surface area contributed by atoms with Crippen molar-refractivity contribution in [2.75, 3.05) is 0 Å². The molecule has 0 spiro atoms. The van der Waals surface area contributed by atoms with Crippen LogP contribution in [0.3, 0.4) is 0 Å². The SMILES string of the molecule is Cc1noc(C(CC(=O)O)N[S@+]([O-])C(C)(C)C)c1-c1ccccc1C(=O)c1ccc(Cl)cc1. The molecule has 2 aromatic carbocycles. The molecule has 0 radical (unpaired) electrons. The number of aryl methyl sites for hydroxylation is 1. The van der Waals surface area contributed by atoms with E-state index in [1.165, 1.54) is 0 Å². The first-order valence-electron chi connectivity index (χ1n) is 10.2. The Kier molecular flexibility index (Phi) is 7.64. The van der Waals surface area contributed by atoms with Crippen LogP contribution < -0.4 is 4.72 Å². The van der Waals surface area contributed by atoms with E-state index in [1.54, 1.807) is 76.2 Å². The molecule has 1 aromatic heterocycles.